The van der Waals surface area contributed by atoms with Gasteiger partial charge in [0, 0.05) is 12.7 Å². The second-order valence-corrected chi connectivity index (χ2v) is 6.53. The van der Waals surface area contributed by atoms with Crippen LogP contribution in [0.2, 0.25) is 0 Å². The maximum atomic E-state index is 11.9. The van der Waals surface area contributed by atoms with E-state index >= 15 is 0 Å². The summed E-state index contributed by atoms with van der Waals surface area (Å²) < 4.78 is 26.4. The minimum absolute atomic E-state index is 0.0612. The smallest absolute Gasteiger partial charge is 0.242 e. The van der Waals surface area contributed by atoms with Gasteiger partial charge >= 0.3 is 0 Å². The number of aromatic nitrogens is 1. The van der Waals surface area contributed by atoms with Gasteiger partial charge in [0.15, 0.2) is 0 Å². The molecule has 0 aliphatic rings. The highest BCUT2D eigenvalue weighted by molar-refractivity contribution is 7.89. The molecule has 0 aliphatic carbocycles. The van der Waals surface area contributed by atoms with E-state index in [1.807, 2.05) is 20.8 Å². The van der Waals surface area contributed by atoms with E-state index in [1.54, 1.807) is 0 Å². The molecule has 6 heteroatoms. The highest BCUT2D eigenvalue weighted by Crippen LogP contribution is 2.19. The molecule has 17 heavy (non-hydrogen) atoms. The second-order valence-electron chi connectivity index (χ2n) is 4.76. The molecule has 0 aliphatic heterocycles. The van der Waals surface area contributed by atoms with Crippen molar-refractivity contribution in [2.24, 2.45) is 5.41 Å². The van der Waals surface area contributed by atoms with Crippen molar-refractivity contribution in [2.75, 3.05) is 12.3 Å². The molecule has 1 aromatic heterocycles. The molecule has 5 nitrogen and oxygen atoms in total. The highest BCUT2D eigenvalue weighted by atomic mass is 32.2. The van der Waals surface area contributed by atoms with Crippen LogP contribution in [-0.2, 0) is 10.0 Å². The summed E-state index contributed by atoms with van der Waals surface area (Å²) in [5.74, 6) is 0.304. The first-order valence-corrected chi connectivity index (χ1v) is 6.96. The van der Waals surface area contributed by atoms with Gasteiger partial charge in [-0.3, -0.25) is 0 Å². The molecule has 3 N–H and O–H groups in total. The second kappa shape index (κ2) is 5.01. The lowest BCUT2D eigenvalue weighted by molar-refractivity contribution is 0.350. The molecular weight excluding hydrogens is 238 g/mol. The van der Waals surface area contributed by atoms with Crippen molar-refractivity contribution in [3.8, 4) is 0 Å². The van der Waals surface area contributed by atoms with E-state index in [9.17, 15) is 8.42 Å². The van der Waals surface area contributed by atoms with Gasteiger partial charge in [-0.1, -0.05) is 20.8 Å². The molecule has 0 unspecified atom stereocenters. The number of nitrogens with zero attached hydrogens (tertiary/aromatic N) is 1. The minimum Gasteiger partial charge on any atom is -0.384 e. The van der Waals surface area contributed by atoms with E-state index in [-0.39, 0.29) is 10.3 Å². The number of pyridine rings is 1. The normalized spacial score (nSPS) is 12.6. The topological polar surface area (TPSA) is 85.1 Å². The van der Waals surface area contributed by atoms with Gasteiger partial charge in [-0.05, 0) is 24.0 Å². The Morgan fingerprint density at radius 3 is 2.53 bits per heavy atom. The lowest BCUT2D eigenvalue weighted by Gasteiger charge is -2.22. The first-order valence-electron chi connectivity index (χ1n) is 5.48. The number of sulfonamides is 1. The van der Waals surface area contributed by atoms with Crippen molar-refractivity contribution in [1.29, 1.82) is 0 Å². The number of hydrogen-bond acceptors (Lipinski definition) is 4. The zero-order valence-corrected chi connectivity index (χ0v) is 11.2. The van der Waals surface area contributed by atoms with Crippen molar-refractivity contribution in [3.05, 3.63) is 18.3 Å². The first kappa shape index (κ1) is 13.9. The van der Waals surface area contributed by atoms with Gasteiger partial charge in [0.1, 0.15) is 10.7 Å². The molecule has 1 aromatic rings. The van der Waals surface area contributed by atoms with Crippen LogP contribution in [-0.4, -0.2) is 19.9 Å². The van der Waals surface area contributed by atoms with Gasteiger partial charge in [-0.25, -0.2) is 18.1 Å². The Morgan fingerprint density at radius 2 is 2.06 bits per heavy atom. The molecule has 0 atom stereocenters. The van der Waals surface area contributed by atoms with Crippen LogP contribution in [0.25, 0.3) is 0 Å². The van der Waals surface area contributed by atoms with Crippen LogP contribution in [0, 0.1) is 5.41 Å². The summed E-state index contributed by atoms with van der Waals surface area (Å²) in [6.45, 7) is 6.45. The van der Waals surface area contributed by atoms with Crippen LogP contribution < -0.4 is 10.5 Å². The average Bonchev–Trinajstić information content (AvgIpc) is 2.27. The van der Waals surface area contributed by atoms with E-state index in [0.29, 0.717) is 12.4 Å². The Morgan fingerprint density at radius 1 is 1.41 bits per heavy atom. The van der Waals surface area contributed by atoms with Crippen LogP contribution in [0.5, 0.6) is 0 Å². The van der Waals surface area contributed by atoms with E-state index in [4.69, 9.17) is 5.73 Å². The fourth-order valence-corrected chi connectivity index (χ4v) is 2.24. The first-order chi connectivity index (χ1) is 7.77. The third-order valence-corrected chi connectivity index (χ3v) is 4.15. The van der Waals surface area contributed by atoms with Crippen molar-refractivity contribution in [1.82, 2.24) is 9.71 Å². The molecule has 96 valence electrons. The predicted octanol–water partition coefficient (Wildman–Crippen LogP) is 1.38. The Hall–Kier alpha value is -1.14. The lowest BCUT2D eigenvalue weighted by atomic mass is 9.91. The van der Waals surface area contributed by atoms with Crippen LogP contribution in [0.4, 0.5) is 5.82 Å². The summed E-state index contributed by atoms with van der Waals surface area (Å²) in [6.07, 6.45) is 2.16. The quantitative estimate of drug-likeness (QED) is 0.834. The lowest BCUT2D eigenvalue weighted by Crippen LogP contribution is -2.33. The molecule has 0 amide bonds. The maximum absolute atomic E-state index is 11.9. The zero-order valence-electron chi connectivity index (χ0n) is 10.4. The predicted molar refractivity (Wildman–Crippen MR) is 67.9 cm³/mol. The van der Waals surface area contributed by atoms with Crippen LogP contribution >= 0.6 is 0 Å². The third-order valence-electron chi connectivity index (χ3n) is 2.77. The number of nitrogen functional groups attached to an aromatic ring is 1. The van der Waals surface area contributed by atoms with Crippen molar-refractivity contribution >= 4 is 15.8 Å². The van der Waals surface area contributed by atoms with Gasteiger partial charge in [-0.2, -0.15) is 0 Å². The van der Waals surface area contributed by atoms with E-state index in [2.05, 4.69) is 9.71 Å². The summed E-state index contributed by atoms with van der Waals surface area (Å²) in [6, 6.07) is 2.92. The highest BCUT2D eigenvalue weighted by Gasteiger charge is 2.20. The Bertz CT molecular complexity index is 466. The molecule has 0 bridgehead atoms. The number of nitrogens with two attached hydrogens (primary N) is 1. The fourth-order valence-electron chi connectivity index (χ4n) is 1.05. The van der Waals surface area contributed by atoms with Gasteiger partial charge in [0.2, 0.25) is 10.0 Å². The van der Waals surface area contributed by atoms with E-state index in [0.717, 1.165) is 6.42 Å². The summed E-state index contributed by atoms with van der Waals surface area (Å²) in [4.78, 5) is 3.91. The molecule has 0 aromatic carbocycles. The molecule has 0 saturated heterocycles. The maximum Gasteiger partial charge on any atom is 0.242 e. The SMILES string of the molecule is CCC(C)(C)CNS(=O)(=O)c1ccc(N)nc1. The van der Waals surface area contributed by atoms with Gasteiger partial charge in [0.05, 0.1) is 0 Å². The summed E-state index contributed by atoms with van der Waals surface area (Å²) in [5.41, 5.74) is 5.35. The standard InChI is InChI=1S/C11H19N3O2S/c1-4-11(2,3)8-14-17(15,16)9-5-6-10(12)13-7-9/h5-7,14H,4,8H2,1-3H3,(H2,12,13). The third kappa shape index (κ3) is 3.98. The van der Waals surface area contributed by atoms with Crippen molar-refractivity contribution < 1.29 is 8.42 Å². The average molecular weight is 257 g/mol. The molecule has 0 spiro atoms. The van der Waals surface area contributed by atoms with Crippen molar-refractivity contribution in [2.45, 2.75) is 32.1 Å². The summed E-state index contributed by atoms with van der Waals surface area (Å²) >= 11 is 0. The largest absolute Gasteiger partial charge is 0.384 e. The molecular formula is C11H19N3O2S. The minimum atomic E-state index is -3.49. The number of hydrogen-bond donors (Lipinski definition) is 2. The molecule has 1 heterocycles. The van der Waals surface area contributed by atoms with Crippen LogP contribution in [0.1, 0.15) is 27.2 Å². The zero-order chi connectivity index (χ0) is 13.1. The van der Waals surface area contributed by atoms with Crippen LogP contribution in [0.3, 0.4) is 0 Å². The van der Waals surface area contributed by atoms with E-state index in [1.165, 1.54) is 18.3 Å². The summed E-state index contributed by atoms with van der Waals surface area (Å²) in [7, 11) is -3.49. The monoisotopic (exact) mass is 257 g/mol. The number of rotatable bonds is 5. The van der Waals surface area contributed by atoms with Crippen molar-refractivity contribution in [3.63, 3.8) is 0 Å². The Labute approximate surface area is 102 Å². The molecule has 1 rings (SSSR count). The summed E-state index contributed by atoms with van der Waals surface area (Å²) in [5, 5.41) is 0. The number of anilines is 1. The van der Waals surface area contributed by atoms with Gasteiger partial charge in [-0.15, -0.1) is 0 Å². The van der Waals surface area contributed by atoms with E-state index < -0.39 is 10.0 Å². The van der Waals surface area contributed by atoms with Gasteiger partial charge in [0.25, 0.3) is 0 Å². The fraction of sp³-hybridized carbons (Fsp3) is 0.545. The number of nitrogens with one attached hydrogen (secondary N) is 1. The van der Waals surface area contributed by atoms with Gasteiger partial charge < -0.3 is 5.73 Å². The Kier molecular flexibility index (Phi) is 4.11. The van der Waals surface area contributed by atoms with Crippen LogP contribution in [0.15, 0.2) is 23.2 Å². The molecule has 0 radical (unpaired) electrons. The molecule has 0 saturated carbocycles. The molecule has 0 fully saturated rings. The Balaban J connectivity index is 2.79.